The molecule has 0 saturated heterocycles. The van der Waals surface area contributed by atoms with Crippen molar-refractivity contribution in [2.45, 2.75) is 46.3 Å². The van der Waals surface area contributed by atoms with Crippen LogP contribution in [0.1, 0.15) is 33.3 Å². The van der Waals surface area contributed by atoms with E-state index in [2.05, 4.69) is 26.1 Å². The molecule has 0 heterocycles. The average Bonchev–Trinajstić information content (AvgIpc) is 2.37. The van der Waals surface area contributed by atoms with E-state index in [-0.39, 0.29) is 28.4 Å². The maximum Gasteiger partial charge on any atom is 0.142 e. The molecule has 0 aliphatic carbocycles. The highest BCUT2D eigenvalue weighted by Gasteiger charge is 2.32. The zero-order valence-electron chi connectivity index (χ0n) is 13.0. The van der Waals surface area contributed by atoms with Gasteiger partial charge in [-0.25, -0.2) is 4.39 Å². The molecule has 0 aliphatic heterocycles. The number of hydrogen-bond donors (Lipinski definition) is 1. The molecule has 1 aromatic rings. The summed E-state index contributed by atoms with van der Waals surface area (Å²) in [5.41, 5.74) is 0.795. The summed E-state index contributed by atoms with van der Waals surface area (Å²) in [6.07, 6.45) is 0.659. The Kier molecular flexibility index (Phi) is 6.44. The zero-order valence-corrected chi connectivity index (χ0v) is 13.7. The van der Waals surface area contributed by atoms with Crippen LogP contribution in [0.15, 0.2) is 18.2 Å². The van der Waals surface area contributed by atoms with E-state index >= 15 is 0 Å². The summed E-state index contributed by atoms with van der Waals surface area (Å²) in [6, 6.07) is 5.01. The lowest BCUT2D eigenvalue weighted by molar-refractivity contribution is -0.0340. The predicted octanol–water partition coefficient (Wildman–Crippen LogP) is 4.06. The van der Waals surface area contributed by atoms with Gasteiger partial charge in [-0.15, -0.1) is 0 Å². The molecule has 1 rings (SSSR count). The van der Waals surface area contributed by atoms with Crippen molar-refractivity contribution >= 4 is 11.6 Å². The van der Waals surface area contributed by atoms with E-state index < -0.39 is 0 Å². The number of ether oxygens (including phenoxy) is 1. The zero-order chi connectivity index (χ0) is 15.3. The van der Waals surface area contributed by atoms with Crippen LogP contribution in [0.4, 0.5) is 4.39 Å². The van der Waals surface area contributed by atoms with Gasteiger partial charge in [-0.2, -0.15) is 0 Å². The van der Waals surface area contributed by atoms with Gasteiger partial charge in [0.1, 0.15) is 5.82 Å². The van der Waals surface area contributed by atoms with Crippen molar-refractivity contribution in [3.8, 4) is 0 Å². The van der Waals surface area contributed by atoms with Crippen molar-refractivity contribution in [3.05, 3.63) is 34.6 Å². The van der Waals surface area contributed by atoms with E-state index in [1.165, 1.54) is 6.07 Å². The Morgan fingerprint density at radius 1 is 1.35 bits per heavy atom. The average molecular weight is 302 g/mol. The van der Waals surface area contributed by atoms with E-state index in [0.29, 0.717) is 13.0 Å². The Morgan fingerprint density at radius 3 is 2.50 bits per heavy atom. The normalized spacial score (nSPS) is 15.2. The molecule has 0 saturated carbocycles. The molecule has 0 radical (unpaired) electrons. The Balaban J connectivity index is 2.97. The summed E-state index contributed by atoms with van der Waals surface area (Å²) >= 11 is 6.05. The molecule has 114 valence electrons. The molecule has 1 aromatic carbocycles. The summed E-state index contributed by atoms with van der Waals surface area (Å²) in [6.45, 7) is 9.07. The van der Waals surface area contributed by atoms with Crippen LogP contribution in [0, 0.1) is 11.2 Å². The molecule has 4 heteroatoms. The van der Waals surface area contributed by atoms with Gasteiger partial charge >= 0.3 is 0 Å². The minimum absolute atomic E-state index is 0.0104. The van der Waals surface area contributed by atoms with E-state index in [0.717, 1.165) is 5.56 Å². The Morgan fingerprint density at radius 2 is 2.00 bits per heavy atom. The first-order valence-corrected chi connectivity index (χ1v) is 7.40. The number of halogens is 2. The van der Waals surface area contributed by atoms with Crippen molar-refractivity contribution in [3.63, 3.8) is 0 Å². The molecule has 0 aromatic heterocycles. The van der Waals surface area contributed by atoms with Gasteiger partial charge in [0.25, 0.3) is 0 Å². The maximum atomic E-state index is 13.5. The summed E-state index contributed by atoms with van der Waals surface area (Å²) in [5.74, 6) is -0.372. The van der Waals surface area contributed by atoms with Crippen LogP contribution >= 0.6 is 11.6 Å². The van der Waals surface area contributed by atoms with Gasteiger partial charge in [0, 0.05) is 12.6 Å². The molecule has 0 amide bonds. The maximum absolute atomic E-state index is 13.5. The molecule has 0 aliphatic rings. The molecule has 1 N–H and O–H groups in total. The van der Waals surface area contributed by atoms with Gasteiger partial charge in [-0.05, 0) is 37.4 Å². The second kappa shape index (κ2) is 7.39. The first-order chi connectivity index (χ1) is 9.31. The van der Waals surface area contributed by atoms with Crippen LogP contribution in [0.25, 0.3) is 0 Å². The third-order valence-corrected chi connectivity index (χ3v) is 3.83. The largest absolute Gasteiger partial charge is 0.376 e. The predicted molar refractivity (Wildman–Crippen MR) is 82.8 cm³/mol. The molecular formula is C16H25ClFNO. The quantitative estimate of drug-likeness (QED) is 0.855. The Hall–Kier alpha value is -0.640. The molecule has 0 bridgehead atoms. The van der Waals surface area contributed by atoms with Crippen molar-refractivity contribution in [2.75, 3.05) is 13.7 Å². The third-order valence-electron chi connectivity index (χ3n) is 3.41. The molecule has 2 nitrogen and oxygen atoms in total. The molecule has 20 heavy (non-hydrogen) atoms. The summed E-state index contributed by atoms with van der Waals surface area (Å²) in [4.78, 5) is 0. The first kappa shape index (κ1) is 17.4. The van der Waals surface area contributed by atoms with Gasteiger partial charge in [0.15, 0.2) is 0 Å². The standard InChI is InChI=1S/C16H25ClFNO/c1-6-20-15(16(2,3)4)13(19-5)10-11-8-7-9-12(18)14(11)17/h7-9,13,15,19H,6,10H2,1-5H3. The fraction of sp³-hybridized carbons (Fsp3) is 0.625. The number of nitrogens with one attached hydrogen (secondary N) is 1. The van der Waals surface area contributed by atoms with Crippen molar-refractivity contribution < 1.29 is 9.13 Å². The molecule has 0 fully saturated rings. The lowest BCUT2D eigenvalue weighted by Crippen LogP contribution is -2.48. The molecular weight excluding hydrogens is 277 g/mol. The highest BCUT2D eigenvalue weighted by molar-refractivity contribution is 6.31. The molecule has 0 spiro atoms. The van der Waals surface area contributed by atoms with Crippen molar-refractivity contribution in [2.24, 2.45) is 5.41 Å². The first-order valence-electron chi connectivity index (χ1n) is 7.03. The molecule has 2 unspecified atom stereocenters. The third kappa shape index (κ3) is 4.44. The SMILES string of the molecule is CCOC(C(Cc1cccc(F)c1Cl)NC)C(C)(C)C. The minimum atomic E-state index is -0.372. The van der Waals surface area contributed by atoms with Crippen molar-refractivity contribution in [1.82, 2.24) is 5.32 Å². The van der Waals surface area contributed by atoms with Crippen LogP contribution in [-0.2, 0) is 11.2 Å². The van der Waals surface area contributed by atoms with E-state index in [9.17, 15) is 4.39 Å². The van der Waals surface area contributed by atoms with Crippen LogP contribution in [0.2, 0.25) is 5.02 Å². The Labute approximate surface area is 126 Å². The fourth-order valence-corrected chi connectivity index (χ4v) is 2.66. The lowest BCUT2D eigenvalue weighted by Gasteiger charge is -2.37. The van der Waals surface area contributed by atoms with Crippen molar-refractivity contribution in [1.29, 1.82) is 0 Å². The second-order valence-electron chi connectivity index (χ2n) is 6.05. The van der Waals surface area contributed by atoms with E-state index in [1.807, 2.05) is 20.0 Å². The lowest BCUT2D eigenvalue weighted by atomic mass is 9.82. The van der Waals surface area contributed by atoms with Gasteiger partial charge in [0.2, 0.25) is 0 Å². The number of rotatable bonds is 6. The van der Waals surface area contributed by atoms with Gasteiger partial charge in [-0.3, -0.25) is 0 Å². The summed E-state index contributed by atoms with van der Waals surface area (Å²) < 4.78 is 19.4. The second-order valence-corrected chi connectivity index (χ2v) is 6.43. The molecule has 2 atom stereocenters. The smallest absolute Gasteiger partial charge is 0.142 e. The van der Waals surface area contributed by atoms with E-state index in [4.69, 9.17) is 16.3 Å². The number of benzene rings is 1. The van der Waals surface area contributed by atoms with Gasteiger partial charge in [0.05, 0.1) is 11.1 Å². The van der Waals surface area contributed by atoms with Gasteiger partial charge < -0.3 is 10.1 Å². The number of hydrogen-bond acceptors (Lipinski definition) is 2. The minimum Gasteiger partial charge on any atom is -0.376 e. The topological polar surface area (TPSA) is 21.3 Å². The van der Waals surface area contributed by atoms with Crippen LogP contribution in [0.3, 0.4) is 0 Å². The summed E-state index contributed by atoms with van der Waals surface area (Å²) in [5, 5.41) is 3.49. The fourth-order valence-electron chi connectivity index (χ4n) is 2.45. The number of likely N-dealkylation sites (N-methyl/N-ethyl adjacent to an activating group) is 1. The monoisotopic (exact) mass is 301 g/mol. The van der Waals surface area contributed by atoms with Crippen LogP contribution in [0.5, 0.6) is 0 Å². The Bertz CT molecular complexity index is 431. The highest BCUT2D eigenvalue weighted by atomic mass is 35.5. The van der Waals surface area contributed by atoms with Crippen LogP contribution < -0.4 is 5.32 Å². The van der Waals surface area contributed by atoms with Gasteiger partial charge in [-0.1, -0.05) is 44.5 Å². The highest BCUT2D eigenvalue weighted by Crippen LogP contribution is 2.28. The summed E-state index contributed by atoms with van der Waals surface area (Å²) in [7, 11) is 1.90. The van der Waals surface area contributed by atoms with Crippen LogP contribution in [-0.4, -0.2) is 25.8 Å². The van der Waals surface area contributed by atoms with E-state index in [1.54, 1.807) is 6.07 Å².